The van der Waals surface area contributed by atoms with Gasteiger partial charge in [0.1, 0.15) is 17.3 Å². The van der Waals surface area contributed by atoms with E-state index in [1.807, 2.05) is 10.7 Å². The normalized spacial score (nSPS) is 10.8. The summed E-state index contributed by atoms with van der Waals surface area (Å²) in [6, 6.07) is 1.97. The van der Waals surface area contributed by atoms with Crippen molar-refractivity contribution in [2.24, 2.45) is 0 Å². The largest absolute Gasteiger partial charge is 0.370 e. The molecular formula is C14H22N6. The average Bonchev–Trinajstić information content (AvgIpc) is 2.93. The number of nitrogens with zero attached hydrogens (tertiary/aromatic N) is 5. The molecule has 0 saturated heterocycles. The molecule has 0 amide bonds. The molecule has 2 aromatic heterocycles. The fourth-order valence-corrected chi connectivity index (χ4v) is 1.96. The van der Waals surface area contributed by atoms with E-state index in [0.717, 1.165) is 55.4 Å². The smallest absolute Gasteiger partial charge is 0.131 e. The minimum atomic E-state index is 0.810. The van der Waals surface area contributed by atoms with Gasteiger partial charge in [-0.05, 0) is 12.8 Å². The Bertz CT molecular complexity index is 548. The van der Waals surface area contributed by atoms with Crippen molar-refractivity contribution in [3.63, 3.8) is 0 Å². The molecule has 0 unspecified atom stereocenters. The van der Waals surface area contributed by atoms with E-state index >= 15 is 0 Å². The molecule has 2 heterocycles. The molecule has 0 saturated carbocycles. The molecule has 0 radical (unpaired) electrons. The summed E-state index contributed by atoms with van der Waals surface area (Å²) < 4.78 is 1.89. The van der Waals surface area contributed by atoms with E-state index in [4.69, 9.17) is 0 Å². The highest BCUT2D eigenvalue weighted by Crippen LogP contribution is 2.19. The number of hydrogen-bond donors (Lipinski definition) is 1. The fourth-order valence-electron chi connectivity index (χ4n) is 1.96. The zero-order valence-electron chi connectivity index (χ0n) is 12.4. The number of rotatable bonds is 7. The van der Waals surface area contributed by atoms with Gasteiger partial charge in [-0.3, -0.25) is 0 Å². The number of aromatic nitrogens is 5. The zero-order valence-corrected chi connectivity index (χ0v) is 12.4. The van der Waals surface area contributed by atoms with E-state index in [1.165, 1.54) is 0 Å². The van der Waals surface area contributed by atoms with Gasteiger partial charge in [0.15, 0.2) is 0 Å². The predicted octanol–water partition coefficient (Wildman–Crippen LogP) is 2.53. The summed E-state index contributed by atoms with van der Waals surface area (Å²) in [5, 5.41) is 11.4. The SMILES string of the molecule is CCCNc1cc(-c2cnnn2CCC)nc(CC)n1. The summed E-state index contributed by atoms with van der Waals surface area (Å²) in [7, 11) is 0. The molecule has 108 valence electrons. The molecule has 0 atom stereocenters. The average molecular weight is 274 g/mol. The molecule has 2 rings (SSSR count). The van der Waals surface area contributed by atoms with Crippen molar-refractivity contribution < 1.29 is 0 Å². The van der Waals surface area contributed by atoms with Crippen LogP contribution >= 0.6 is 0 Å². The molecule has 0 fully saturated rings. The minimum Gasteiger partial charge on any atom is -0.370 e. The Morgan fingerprint density at radius 2 is 2.00 bits per heavy atom. The van der Waals surface area contributed by atoms with Crippen LogP contribution in [0.1, 0.15) is 39.4 Å². The molecule has 0 spiro atoms. The van der Waals surface area contributed by atoms with Gasteiger partial charge in [0, 0.05) is 25.6 Å². The van der Waals surface area contributed by atoms with E-state index in [-0.39, 0.29) is 0 Å². The Hall–Kier alpha value is -1.98. The van der Waals surface area contributed by atoms with Crippen molar-refractivity contribution >= 4 is 5.82 Å². The topological polar surface area (TPSA) is 68.5 Å². The number of nitrogens with one attached hydrogen (secondary N) is 1. The van der Waals surface area contributed by atoms with Crippen molar-refractivity contribution in [2.45, 2.75) is 46.6 Å². The Balaban J connectivity index is 2.36. The highest BCUT2D eigenvalue weighted by molar-refractivity contribution is 5.58. The third-order valence-corrected chi connectivity index (χ3v) is 2.96. The van der Waals surface area contributed by atoms with Crippen LogP contribution in [0.5, 0.6) is 0 Å². The van der Waals surface area contributed by atoms with Gasteiger partial charge in [-0.1, -0.05) is 26.0 Å². The molecule has 6 heteroatoms. The second-order valence-corrected chi connectivity index (χ2v) is 4.68. The first-order valence-electron chi connectivity index (χ1n) is 7.29. The van der Waals surface area contributed by atoms with Crippen molar-refractivity contribution in [2.75, 3.05) is 11.9 Å². The monoisotopic (exact) mass is 274 g/mol. The molecule has 0 bridgehead atoms. The van der Waals surface area contributed by atoms with E-state index in [1.54, 1.807) is 6.20 Å². The molecule has 20 heavy (non-hydrogen) atoms. The lowest BCUT2D eigenvalue weighted by Gasteiger charge is -2.09. The maximum atomic E-state index is 4.59. The standard InChI is InChI=1S/C14H22N6/c1-4-7-15-14-9-11(17-13(6-3)18-14)12-10-16-19-20(12)8-5-2/h9-10H,4-8H2,1-3H3,(H,15,17,18). The maximum absolute atomic E-state index is 4.59. The Morgan fingerprint density at radius 1 is 1.15 bits per heavy atom. The van der Waals surface area contributed by atoms with Crippen molar-refractivity contribution in [3.8, 4) is 11.4 Å². The van der Waals surface area contributed by atoms with Crippen LogP contribution in [-0.2, 0) is 13.0 Å². The first-order valence-corrected chi connectivity index (χ1v) is 7.29. The lowest BCUT2D eigenvalue weighted by atomic mass is 10.2. The molecular weight excluding hydrogens is 252 g/mol. The van der Waals surface area contributed by atoms with Gasteiger partial charge in [0.2, 0.25) is 0 Å². The summed E-state index contributed by atoms with van der Waals surface area (Å²) in [5.41, 5.74) is 1.83. The summed E-state index contributed by atoms with van der Waals surface area (Å²) in [6.07, 6.45) is 4.66. The minimum absolute atomic E-state index is 0.810. The quantitative estimate of drug-likeness (QED) is 0.840. The molecule has 2 aromatic rings. The Kier molecular flexibility index (Phi) is 5.03. The second kappa shape index (κ2) is 6.98. The van der Waals surface area contributed by atoms with Crippen LogP contribution in [0.15, 0.2) is 12.3 Å². The van der Waals surface area contributed by atoms with Gasteiger partial charge in [0.05, 0.1) is 11.9 Å². The third kappa shape index (κ3) is 3.31. The lowest BCUT2D eigenvalue weighted by Crippen LogP contribution is -2.07. The zero-order chi connectivity index (χ0) is 14.4. The van der Waals surface area contributed by atoms with E-state index in [0.29, 0.717) is 0 Å². The van der Waals surface area contributed by atoms with Gasteiger partial charge < -0.3 is 5.32 Å². The van der Waals surface area contributed by atoms with Crippen LogP contribution in [0.4, 0.5) is 5.82 Å². The van der Waals surface area contributed by atoms with E-state index < -0.39 is 0 Å². The third-order valence-electron chi connectivity index (χ3n) is 2.96. The molecule has 6 nitrogen and oxygen atoms in total. The summed E-state index contributed by atoms with van der Waals surface area (Å²) >= 11 is 0. The summed E-state index contributed by atoms with van der Waals surface area (Å²) in [6.45, 7) is 8.07. The van der Waals surface area contributed by atoms with Crippen molar-refractivity contribution in [1.82, 2.24) is 25.0 Å². The van der Waals surface area contributed by atoms with Crippen LogP contribution < -0.4 is 5.32 Å². The van der Waals surface area contributed by atoms with Crippen LogP contribution in [-0.4, -0.2) is 31.5 Å². The van der Waals surface area contributed by atoms with Gasteiger partial charge in [-0.2, -0.15) is 0 Å². The van der Waals surface area contributed by atoms with Crippen LogP contribution in [0, 0.1) is 0 Å². The van der Waals surface area contributed by atoms with Gasteiger partial charge in [0.25, 0.3) is 0 Å². The number of hydrogen-bond acceptors (Lipinski definition) is 5. The fraction of sp³-hybridized carbons (Fsp3) is 0.571. The molecule has 0 aliphatic heterocycles. The molecule has 0 aliphatic rings. The highest BCUT2D eigenvalue weighted by Gasteiger charge is 2.11. The van der Waals surface area contributed by atoms with Crippen LogP contribution in [0.2, 0.25) is 0 Å². The number of anilines is 1. The van der Waals surface area contributed by atoms with Gasteiger partial charge in [-0.25, -0.2) is 14.6 Å². The van der Waals surface area contributed by atoms with E-state index in [2.05, 4.69) is 46.4 Å². The second-order valence-electron chi connectivity index (χ2n) is 4.68. The van der Waals surface area contributed by atoms with Crippen LogP contribution in [0.3, 0.4) is 0 Å². The lowest BCUT2D eigenvalue weighted by molar-refractivity contribution is 0.583. The predicted molar refractivity (Wildman–Crippen MR) is 79.5 cm³/mol. The number of aryl methyl sites for hydroxylation is 2. The van der Waals surface area contributed by atoms with E-state index in [9.17, 15) is 0 Å². The molecule has 0 aromatic carbocycles. The Labute approximate surface area is 119 Å². The first-order chi connectivity index (χ1) is 9.78. The first kappa shape index (κ1) is 14.4. The molecule has 1 N–H and O–H groups in total. The van der Waals surface area contributed by atoms with Crippen molar-refractivity contribution in [1.29, 1.82) is 0 Å². The van der Waals surface area contributed by atoms with Crippen LogP contribution in [0.25, 0.3) is 11.4 Å². The van der Waals surface area contributed by atoms with Crippen molar-refractivity contribution in [3.05, 3.63) is 18.1 Å². The maximum Gasteiger partial charge on any atom is 0.131 e. The van der Waals surface area contributed by atoms with Gasteiger partial charge >= 0.3 is 0 Å². The van der Waals surface area contributed by atoms with Gasteiger partial charge in [-0.15, -0.1) is 5.10 Å². The summed E-state index contributed by atoms with van der Waals surface area (Å²) in [4.78, 5) is 9.10. The molecule has 0 aliphatic carbocycles. The highest BCUT2D eigenvalue weighted by atomic mass is 15.4. The summed E-state index contributed by atoms with van der Waals surface area (Å²) in [5.74, 6) is 1.71. The Morgan fingerprint density at radius 3 is 2.70 bits per heavy atom.